The number of fused-ring (bicyclic) bond motifs is 1. The fourth-order valence-corrected chi connectivity index (χ4v) is 2.05. The highest BCUT2D eigenvalue weighted by Crippen LogP contribution is 2.34. The van der Waals surface area contributed by atoms with Gasteiger partial charge in [-0.25, -0.2) is 4.39 Å². The van der Waals surface area contributed by atoms with Crippen LogP contribution in [0.1, 0.15) is 24.4 Å². The third-order valence-electron chi connectivity index (χ3n) is 2.94. The SMILES string of the molecule is NC1C(=O)N(CCCCO)c2cc(F)ccc21. The summed E-state index contributed by atoms with van der Waals surface area (Å²) in [5.41, 5.74) is 6.99. The van der Waals surface area contributed by atoms with Crippen molar-refractivity contribution >= 4 is 11.6 Å². The Kier molecular flexibility index (Phi) is 3.40. The number of benzene rings is 1. The summed E-state index contributed by atoms with van der Waals surface area (Å²) in [5, 5.41) is 8.71. The average molecular weight is 238 g/mol. The van der Waals surface area contributed by atoms with Crippen LogP contribution < -0.4 is 10.6 Å². The fourth-order valence-electron chi connectivity index (χ4n) is 2.05. The maximum Gasteiger partial charge on any atom is 0.248 e. The van der Waals surface area contributed by atoms with Gasteiger partial charge in [0, 0.05) is 18.7 Å². The first-order valence-corrected chi connectivity index (χ1v) is 5.62. The Morgan fingerprint density at radius 3 is 2.88 bits per heavy atom. The lowest BCUT2D eigenvalue weighted by molar-refractivity contribution is -0.119. The number of nitrogens with two attached hydrogens (primary N) is 1. The third-order valence-corrected chi connectivity index (χ3v) is 2.94. The van der Waals surface area contributed by atoms with Gasteiger partial charge in [0.15, 0.2) is 0 Å². The highest BCUT2D eigenvalue weighted by atomic mass is 19.1. The van der Waals surface area contributed by atoms with E-state index in [2.05, 4.69) is 0 Å². The number of rotatable bonds is 4. The second-order valence-electron chi connectivity index (χ2n) is 4.10. The molecule has 4 nitrogen and oxygen atoms in total. The van der Waals surface area contributed by atoms with Crippen LogP contribution in [0.5, 0.6) is 0 Å². The Morgan fingerprint density at radius 2 is 2.18 bits per heavy atom. The van der Waals surface area contributed by atoms with Gasteiger partial charge in [0.2, 0.25) is 5.91 Å². The molecule has 1 heterocycles. The topological polar surface area (TPSA) is 66.6 Å². The Bertz CT molecular complexity index is 437. The molecular formula is C12H15FN2O2. The van der Waals surface area contributed by atoms with Crippen molar-refractivity contribution < 1.29 is 14.3 Å². The zero-order valence-corrected chi connectivity index (χ0v) is 9.40. The number of carbonyl (C=O) groups is 1. The molecule has 17 heavy (non-hydrogen) atoms. The molecule has 1 unspecified atom stereocenters. The van der Waals surface area contributed by atoms with Gasteiger partial charge in [-0.05, 0) is 25.0 Å². The molecule has 0 bridgehead atoms. The number of anilines is 1. The minimum absolute atomic E-state index is 0.0874. The molecule has 1 aromatic rings. The van der Waals surface area contributed by atoms with E-state index in [-0.39, 0.29) is 18.3 Å². The molecule has 1 atom stereocenters. The van der Waals surface area contributed by atoms with E-state index in [4.69, 9.17) is 10.8 Å². The van der Waals surface area contributed by atoms with Crippen molar-refractivity contribution in [3.8, 4) is 0 Å². The number of amides is 1. The maximum atomic E-state index is 13.2. The Balaban J connectivity index is 2.23. The molecule has 5 heteroatoms. The van der Waals surface area contributed by atoms with Gasteiger partial charge in [-0.3, -0.25) is 4.79 Å². The van der Waals surface area contributed by atoms with Crippen LogP contribution in [0.15, 0.2) is 18.2 Å². The summed E-state index contributed by atoms with van der Waals surface area (Å²) in [4.78, 5) is 13.4. The van der Waals surface area contributed by atoms with Crippen molar-refractivity contribution in [2.24, 2.45) is 5.73 Å². The zero-order valence-electron chi connectivity index (χ0n) is 9.40. The molecule has 1 aromatic carbocycles. The number of aliphatic hydroxyl groups is 1. The van der Waals surface area contributed by atoms with Gasteiger partial charge in [0.1, 0.15) is 11.9 Å². The number of nitrogens with zero attached hydrogens (tertiary/aromatic N) is 1. The summed E-state index contributed by atoms with van der Waals surface area (Å²) < 4.78 is 13.2. The van der Waals surface area contributed by atoms with E-state index in [1.165, 1.54) is 17.0 Å². The van der Waals surface area contributed by atoms with E-state index in [9.17, 15) is 9.18 Å². The van der Waals surface area contributed by atoms with Crippen LogP contribution in [0.4, 0.5) is 10.1 Å². The molecule has 0 aromatic heterocycles. The fraction of sp³-hybridized carbons (Fsp3) is 0.417. The van der Waals surface area contributed by atoms with Crippen molar-refractivity contribution in [2.45, 2.75) is 18.9 Å². The van der Waals surface area contributed by atoms with E-state index in [0.29, 0.717) is 30.6 Å². The molecule has 0 aliphatic carbocycles. The van der Waals surface area contributed by atoms with Crippen LogP contribution in [0.25, 0.3) is 0 Å². The van der Waals surface area contributed by atoms with Gasteiger partial charge < -0.3 is 15.7 Å². The number of hydrogen-bond donors (Lipinski definition) is 2. The van der Waals surface area contributed by atoms with Crippen LogP contribution in [-0.2, 0) is 4.79 Å². The molecule has 0 radical (unpaired) electrons. The van der Waals surface area contributed by atoms with Crippen LogP contribution in [0, 0.1) is 5.82 Å². The lowest BCUT2D eigenvalue weighted by atomic mass is 10.1. The number of halogens is 1. The number of hydrogen-bond acceptors (Lipinski definition) is 3. The standard InChI is InChI=1S/C12H15FN2O2/c13-8-3-4-9-10(7-8)15(5-1-2-6-16)12(17)11(9)14/h3-4,7,11,16H,1-2,5-6,14H2. The largest absolute Gasteiger partial charge is 0.396 e. The van der Waals surface area contributed by atoms with E-state index >= 15 is 0 Å². The van der Waals surface area contributed by atoms with Gasteiger partial charge in [0.25, 0.3) is 0 Å². The first kappa shape index (κ1) is 12.0. The van der Waals surface area contributed by atoms with Gasteiger partial charge in [-0.15, -0.1) is 0 Å². The molecule has 92 valence electrons. The molecule has 3 N–H and O–H groups in total. The van der Waals surface area contributed by atoms with Crippen LogP contribution in [0.3, 0.4) is 0 Å². The summed E-state index contributed by atoms with van der Waals surface area (Å²) in [6.07, 6.45) is 1.29. The highest BCUT2D eigenvalue weighted by Gasteiger charge is 2.34. The van der Waals surface area contributed by atoms with Crippen molar-refractivity contribution in [2.75, 3.05) is 18.1 Å². The molecule has 1 aliphatic heterocycles. The smallest absolute Gasteiger partial charge is 0.248 e. The van der Waals surface area contributed by atoms with E-state index in [1.54, 1.807) is 6.07 Å². The van der Waals surface area contributed by atoms with Crippen molar-refractivity contribution in [1.29, 1.82) is 0 Å². The van der Waals surface area contributed by atoms with Crippen molar-refractivity contribution in [1.82, 2.24) is 0 Å². The van der Waals surface area contributed by atoms with E-state index < -0.39 is 6.04 Å². The van der Waals surface area contributed by atoms with Crippen LogP contribution in [-0.4, -0.2) is 24.2 Å². The lowest BCUT2D eigenvalue weighted by Gasteiger charge is -2.17. The van der Waals surface area contributed by atoms with Crippen LogP contribution in [0.2, 0.25) is 0 Å². The van der Waals surface area contributed by atoms with Crippen molar-refractivity contribution in [3.63, 3.8) is 0 Å². The van der Waals surface area contributed by atoms with Gasteiger partial charge in [-0.1, -0.05) is 6.07 Å². The molecule has 1 aliphatic rings. The quantitative estimate of drug-likeness (QED) is 0.767. The van der Waals surface area contributed by atoms with Gasteiger partial charge >= 0.3 is 0 Å². The van der Waals surface area contributed by atoms with Gasteiger partial charge in [0.05, 0.1) is 5.69 Å². The molecule has 0 spiro atoms. The number of aliphatic hydroxyl groups excluding tert-OH is 1. The molecule has 2 rings (SSSR count). The van der Waals surface area contributed by atoms with E-state index in [1.807, 2.05) is 0 Å². The first-order chi connectivity index (χ1) is 8.15. The minimum atomic E-state index is -0.695. The normalized spacial score (nSPS) is 18.6. The predicted molar refractivity (Wildman–Crippen MR) is 62.0 cm³/mol. The second kappa shape index (κ2) is 4.81. The monoisotopic (exact) mass is 238 g/mol. The number of unbranched alkanes of at least 4 members (excludes halogenated alkanes) is 1. The summed E-state index contributed by atoms with van der Waals surface area (Å²) >= 11 is 0. The van der Waals surface area contributed by atoms with Crippen molar-refractivity contribution in [3.05, 3.63) is 29.6 Å². The molecule has 0 fully saturated rings. The Labute approximate surface area is 98.8 Å². The first-order valence-electron chi connectivity index (χ1n) is 5.62. The maximum absolute atomic E-state index is 13.2. The summed E-state index contributed by atoms with van der Waals surface area (Å²) in [6.45, 7) is 0.549. The molecule has 0 saturated carbocycles. The molecule has 0 saturated heterocycles. The number of carbonyl (C=O) groups excluding carboxylic acids is 1. The zero-order chi connectivity index (χ0) is 12.4. The average Bonchev–Trinajstić information content (AvgIpc) is 2.54. The minimum Gasteiger partial charge on any atom is -0.396 e. The summed E-state index contributed by atoms with van der Waals surface area (Å²) in [7, 11) is 0. The Hall–Kier alpha value is -1.46. The summed E-state index contributed by atoms with van der Waals surface area (Å²) in [5.74, 6) is -0.582. The predicted octanol–water partition coefficient (Wildman–Crippen LogP) is 0.945. The molecule has 1 amide bonds. The highest BCUT2D eigenvalue weighted by molar-refractivity contribution is 6.04. The van der Waals surface area contributed by atoms with E-state index in [0.717, 1.165) is 0 Å². The van der Waals surface area contributed by atoms with Crippen LogP contribution >= 0.6 is 0 Å². The summed E-state index contributed by atoms with van der Waals surface area (Å²) in [6, 6.07) is 3.50. The van der Waals surface area contributed by atoms with Gasteiger partial charge in [-0.2, -0.15) is 0 Å². The second-order valence-corrected chi connectivity index (χ2v) is 4.10. The molecular weight excluding hydrogens is 223 g/mol. The third kappa shape index (κ3) is 2.16. The Morgan fingerprint density at radius 1 is 1.41 bits per heavy atom. The lowest BCUT2D eigenvalue weighted by Crippen LogP contribution is -2.32.